The van der Waals surface area contributed by atoms with E-state index in [0.29, 0.717) is 0 Å². The Morgan fingerprint density at radius 3 is 2.50 bits per heavy atom. The van der Waals surface area contributed by atoms with E-state index in [1.54, 1.807) is 0 Å². The molecule has 0 aliphatic carbocycles. The summed E-state index contributed by atoms with van der Waals surface area (Å²) in [5, 5.41) is 5.17. The summed E-state index contributed by atoms with van der Waals surface area (Å²) in [6.07, 6.45) is 1.46. The molecule has 0 unspecified atom stereocenters. The fourth-order valence-electron chi connectivity index (χ4n) is 2.91. The predicted molar refractivity (Wildman–Crippen MR) is 82.5 cm³/mol. The minimum atomic E-state index is -3.07. The van der Waals surface area contributed by atoms with E-state index in [-0.39, 0.29) is 11.0 Å². The third kappa shape index (κ3) is 2.72. The molecule has 1 fully saturated rings. The van der Waals surface area contributed by atoms with Gasteiger partial charge in [0.1, 0.15) is 0 Å². The fourth-order valence-corrected chi connectivity index (χ4v) is 4.78. The molecule has 1 aliphatic heterocycles. The second-order valence-corrected chi connectivity index (χ2v) is 7.68. The molecule has 0 aromatic heterocycles. The molecular weight excluding hydrogens is 270 g/mol. The van der Waals surface area contributed by atoms with Crippen molar-refractivity contribution >= 4 is 20.6 Å². The molecule has 1 saturated heterocycles. The van der Waals surface area contributed by atoms with Crippen LogP contribution in [0.3, 0.4) is 0 Å². The van der Waals surface area contributed by atoms with Gasteiger partial charge in [0.15, 0.2) is 9.84 Å². The zero-order valence-electron chi connectivity index (χ0n) is 11.4. The highest BCUT2D eigenvalue weighted by Gasteiger charge is 2.27. The van der Waals surface area contributed by atoms with Gasteiger partial charge >= 0.3 is 0 Å². The fraction of sp³-hybridized carbons (Fsp3) is 0.375. The maximum Gasteiger partial charge on any atom is 0.157 e. The van der Waals surface area contributed by atoms with Gasteiger partial charge in [0, 0.05) is 0 Å². The van der Waals surface area contributed by atoms with Crippen molar-refractivity contribution in [3.8, 4) is 0 Å². The lowest BCUT2D eigenvalue weighted by atomic mass is 10.1. The molecule has 20 heavy (non-hydrogen) atoms. The van der Waals surface area contributed by atoms with E-state index in [1.165, 1.54) is 0 Å². The van der Waals surface area contributed by atoms with Crippen LogP contribution < -0.4 is 5.32 Å². The van der Waals surface area contributed by atoms with Crippen molar-refractivity contribution in [1.29, 1.82) is 0 Å². The summed E-state index contributed by atoms with van der Waals surface area (Å²) in [4.78, 5) is 0. The molecule has 0 radical (unpaired) electrons. The standard InChI is InChI=1S/C16H19NO2S/c18-20(19,15-8-10-17-11-9-15)12-14-6-3-5-13-4-1-2-7-16(13)14/h1-7,15,17H,8-12H2. The van der Waals surface area contributed by atoms with Gasteiger partial charge in [0.2, 0.25) is 0 Å². The number of nitrogens with one attached hydrogen (secondary N) is 1. The SMILES string of the molecule is O=S(=O)(Cc1cccc2ccccc12)C1CCNCC1. The molecule has 0 saturated carbocycles. The normalized spacial score (nSPS) is 17.4. The van der Waals surface area contributed by atoms with Crippen LogP contribution in [-0.2, 0) is 15.6 Å². The van der Waals surface area contributed by atoms with E-state index in [4.69, 9.17) is 0 Å². The van der Waals surface area contributed by atoms with Gasteiger partial charge in [0.25, 0.3) is 0 Å². The number of benzene rings is 2. The van der Waals surface area contributed by atoms with E-state index in [0.717, 1.165) is 42.3 Å². The second kappa shape index (κ2) is 5.54. The maximum absolute atomic E-state index is 12.6. The van der Waals surface area contributed by atoms with Crippen LogP contribution >= 0.6 is 0 Å². The van der Waals surface area contributed by atoms with Crippen LogP contribution in [0.5, 0.6) is 0 Å². The van der Waals surface area contributed by atoms with Crippen LogP contribution in [0.15, 0.2) is 42.5 Å². The van der Waals surface area contributed by atoms with Crippen molar-refractivity contribution in [1.82, 2.24) is 5.32 Å². The first-order valence-corrected chi connectivity index (χ1v) is 8.77. The van der Waals surface area contributed by atoms with Crippen LogP contribution in [0.1, 0.15) is 18.4 Å². The summed E-state index contributed by atoms with van der Waals surface area (Å²) < 4.78 is 25.1. The smallest absolute Gasteiger partial charge is 0.157 e. The van der Waals surface area contributed by atoms with Gasteiger partial charge < -0.3 is 5.32 Å². The Balaban J connectivity index is 1.92. The van der Waals surface area contributed by atoms with E-state index in [9.17, 15) is 8.42 Å². The summed E-state index contributed by atoms with van der Waals surface area (Å²) >= 11 is 0. The maximum atomic E-state index is 12.6. The molecule has 1 heterocycles. The Labute approximate surface area is 119 Å². The minimum absolute atomic E-state index is 0.152. The van der Waals surface area contributed by atoms with Crippen molar-refractivity contribution in [3.05, 3.63) is 48.0 Å². The molecular formula is C16H19NO2S. The van der Waals surface area contributed by atoms with E-state index in [2.05, 4.69) is 5.32 Å². The summed E-state index contributed by atoms with van der Waals surface area (Å²) in [6.45, 7) is 1.61. The Morgan fingerprint density at radius 1 is 1.00 bits per heavy atom. The monoisotopic (exact) mass is 289 g/mol. The van der Waals surface area contributed by atoms with E-state index in [1.807, 2.05) is 42.5 Å². The first-order chi connectivity index (χ1) is 9.67. The first kappa shape index (κ1) is 13.6. The van der Waals surface area contributed by atoms with Crippen LogP contribution in [0.2, 0.25) is 0 Å². The second-order valence-electron chi connectivity index (χ2n) is 5.39. The quantitative estimate of drug-likeness (QED) is 0.944. The minimum Gasteiger partial charge on any atom is -0.317 e. The van der Waals surface area contributed by atoms with Crippen LogP contribution in [-0.4, -0.2) is 26.8 Å². The largest absolute Gasteiger partial charge is 0.317 e. The molecule has 2 aromatic rings. The first-order valence-electron chi connectivity index (χ1n) is 7.06. The Bertz CT molecular complexity index is 698. The van der Waals surface area contributed by atoms with Crippen LogP contribution in [0.4, 0.5) is 0 Å². The van der Waals surface area contributed by atoms with Crippen molar-refractivity contribution in [2.45, 2.75) is 23.8 Å². The Hall–Kier alpha value is -1.39. The van der Waals surface area contributed by atoms with Crippen molar-refractivity contribution in [2.24, 2.45) is 0 Å². The molecule has 0 spiro atoms. The third-order valence-electron chi connectivity index (χ3n) is 4.03. The zero-order valence-corrected chi connectivity index (χ0v) is 12.2. The average Bonchev–Trinajstić information content (AvgIpc) is 2.48. The van der Waals surface area contributed by atoms with Gasteiger partial charge in [-0.2, -0.15) is 0 Å². The molecule has 0 atom stereocenters. The summed E-state index contributed by atoms with van der Waals surface area (Å²) in [6, 6.07) is 13.9. The number of hydrogen-bond acceptors (Lipinski definition) is 3. The molecule has 2 aromatic carbocycles. The van der Waals surface area contributed by atoms with Gasteiger partial charge in [-0.15, -0.1) is 0 Å². The van der Waals surface area contributed by atoms with Crippen LogP contribution in [0, 0.1) is 0 Å². The van der Waals surface area contributed by atoms with Gasteiger partial charge in [-0.05, 0) is 42.3 Å². The number of hydrogen-bond donors (Lipinski definition) is 1. The van der Waals surface area contributed by atoms with Gasteiger partial charge in [-0.3, -0.25) is 0 Å². The Kier molecular flexibility index (Phi) is 3.76. The van der Waals surface area contributed by atoms with Gasteiger partial charge in [-0.1, -0.05) is 42.5 Å². The molecule has 4 heteroatoms. The highest BCUT2D eigenvalue weighted by molar-refractivity contribution is 7.91. The number of rotatable bonds is 3. The highest BCUT2D eigenvalue weighted by atomic mass is 32.2. The summed E-state index contributed by atoms with van der Waals surface area (Å²) in [5.41, 5.74) is 0.918. The highest BCUT2D eigenvalue weighted by Crippen LogP contribution is 2.24. The lowest BCUT2D eigenvalue weighted by molar-refractivity contribution is 0.496. The molecule has 0 bridgehead atoms. The lowest BCUT2D eigenvalue weighted by Gasteiger charge is -2.23. The van der Waals surface area contributed by atoms with Gasteiger partial charge in [-0.25, -0.2) is 8.42 Å². The Morgan fingerprint density at radius 2 is 1.70 bits per heavy atom. The summed E-state index contributed by atoms with van der Waals surface area (Å²) in [5.74, 6) is 0.152. The van der Waals surface area contributed by atoms with E-state index >= 15 is 0 Å². The van der Waals surface area contributed by atoms with Crippen molar-refractivity contribution in [2.75, 3.05) is 13.1 Å². The number of piperidine rings is 1. The molecule has 3 rings (SSSR count). The summed E-state index contributed by atoms with van der Waals surface area (Å²) in [7, 11) is -3.07. The number of sulfone groups is 1. The zero-order chi connectivity index (χ0) is 14.0. The van der Waals surface area contributed by atoms with Gasteiger partial charge in [0.05, 0.1) is 11.0 Å². The molecule has 106 valence electrons. The lowest BCUT2D eigenvalue weighted by Crippen LogP contribution is -2.36. The molecule has 3 nitrogen and oxygen atoms in total. The third-order valence-corrected chi connectivity index (χ3v) is 6.23. The number of fused-ring (bicyclic) bond motifs is 1. The molecule has 1 aliphatic rings. The molecule has 1 N–H and O–H groups in total. The van der Waals surface area contributed by atoms with E-state index < -0.39 is 9.84 Å². The van der Waals surface area contributed by atoms with Crippen molar-refractivity contribution < 1.29 is 8.42 Å². The predicted octanol–water partition coefficient (Wildman–Crippen LogP) is 2.51. The topological polar surface area (TPSA) is 46.2 Å². The van der Waals surface area contributed by atoms with Crippen LogP contribution in [0.25, 0.3) is 10.8 Å². The molecule has 0 amide bonds. The van der Waals surface area contributed by atoms with Crippen molar-refractivity contribution in [3.63, 3.8) is 0 Å². The average molecular weight is 289 g/mol.